The van der Waals surface area contributed by atoms with Gasteiger partial charge in [0.25, 0.3) is 0 Å². The number of carbonyl (C=O) groups excluding carboxylic acids is 1. The molecule has 0 radical (unpaired) electrons. The van der Waals surface area contributed by atoms with Crippen molar-refractivity contribution in [3.05, 3.63) is 27.5 Å². The third kappa shape index (κ3) is 4.28. The van der Waals surface area contributed by atoms with Crippen molar-refractivity contribution in [2.75, 3.05) is 29.8 Å². The zero-order valence-corrected chi connectivity index (χ0v) is 19.4. The summed E-state index contributed by atoms with van der Waals surface area (Å²) in [6.45, 7) is 3.25. The second-order valence-electron chi connectivity index (χ2n) is 8.12. The SMILES string of the molecule is Cc1sc2c(c1NC(=O)NS(=O)(=O)N(c1cnn(C)c1F)C1CCN(C)CC1)CCC2. The van der Waals surface area contributed by atoms with Crippen LogP contribution in [0.5, 0.6) is 0 Å². The third-order valence-corrected chi connectivity index (χ3v) is 8.59. The van der Waals surface area contributed by atoms with Gasteiger partial charge in [-0.3, -0.25) is 0 Å². The minimum Gasteiger partial charge on any atom is -0.306 e. The van der Waals surface area contributed by atoms with Gasteiger partial charge in [0.2, 0.25) is 5.95 Å². The van der Waals surface area contributed by atoms with Crippen LogP contribution in [0.15, 0.2) is 6.20 Å². The van der Waals surface area contributed by atoms with Crippen molar-refractivity contribution < 1.29 is 17.6 Å². The second kappa shape index (κ2) is 8.40. The van der Waals surface area contributed by atoms with Gasteiger partial charge in [0.15, 0.2) is 0 Å². The lowest BCUT2D eigenvalue weighted by Gasteiger charge is -2.36. The smallest absolute Gasteiger partial charge is 0.306 e. The molecule has 31 heavy (non-hydrogen) atoms. The number of piperidine rings is 1. The predicted octanol–water partition coefficient (Wildman–Crippen LogP) is 2.38. The molecule has 0 saturated carbocycles. The van der Waals surface area contributed by atoms with Crippen LogP contribution in [0.4, 0.5) is 20.6 Å². The average molecular weight is 471 g/mol. The van der Waals surface area contributed by atoms with Crippen LogP contribution in [0.25, 0.3) is 0 Å². The predicted molar refractivity (Wildman–Crippen MR) is 118 cm³/mol. The number of halogens is 1. The maximum atomic E-state index is 14.7. The standard InChI is InChI=1S/C19H27FN6O3S2/c1-12-17(14-5-4-6-16(14)30-12)22-19(27)23-31(28,29)26(13-7-9-24(2)10-8-13)15-11-21-25(3)18(15)20/h11,13H,4-10H2,1-3H3,(H2,22,23,27). The number of amides is 2. The molecule has 12 heteroatoms. The lowest BCUT2D eigenvalue weighted by atomic mass is 10.1. The molecule has 1 aliphatic carbocycles. The Morgan fingerprint density at radius 2 is 2.00 bits per heavy atom. The van der Waals surface area contributed by atoms with E-state index in [9.17, 15) is 17.6 Å². The van der Waals surface area contributed by atoms with Gasteiger partial charge in [0, 0.05) is 22.8 Å². The first-order chi connectivity index (χ1) is 14.7. The summed E-state index contributed by atoms with van der Waals surface area (Å²) < 4.78 is 45.3. The first-order valence-electron chi connectivity index (χ1n) is 10.3. The Balaban J connectivity index is 1.58. The maximum absolute atomic E-state index is 14.7. The van der Waals surface area contributed by atoms with Crippen LogP contribution in [0.1, 0.15) is 34.6 Å². The van der Waals surface area contributed by atoms with Crippen LogP contribution in [-0.2, 0) is 30.1 Å². The summed E-state index contributed by atoms with van der Waals surface area (Å²) in [5, 5.41) is 6.56. The Kier molecular flexibility index (Phi) is 5.97. The van der Waals surface area contributed by atoms with Gasteiger partial charge in [-0.2, -0.15) is 17.9 Å². The largest absolute Gasteiger partial charge is 0.334 e. The normalized spacial score (nSPS) is 17.5. The lowest BCUT2D eigenvalue weighted by molar-refractivity contribution is 0.253. The van der Waals surface area contributed by atoms with E-state index in [0.717, 1.165) is 38.7 Å². The molecule has 2 amide bonds. The fraction of sp³-hybridized carbons (Fsp3) is 0.579. The average Bonchev–Trinajstić information content (AvgIpc) is 3.36. The van der Waals surface area contributed by atoms with E-state index in [1.165, 1.54) is 18.1 Å². The van der Waals surface area contributed by atoms with Gasteiger partial charge in [-0.1, -0.05) is 0 Å². The van der Waals surface area contributed by atoms with E-state index in [-0.39, 0.29) is 5.69 Å². The lowest BCUT2D eigenvalue weighted by Crippen LogP contribution is -2.53. The second-order valence-corrected chi connectivity index (χ2v) is 11.0. The van der Waals surface area contributed by atoms with Crippen LogP contribution < -0.4 is 14.3 Å². The molecule has 2 aliphatic rings. The molecule has 2 aromatic rings. The van der Waals surface area contributed by atoms with E-state index >= 15 is 0 Å². The van der Waals surface area contributed by atoms with Crippen LogP contribution in [-0.4, -0.2) is 55.3 Å². The highest BCUT2D eigenvalue weighted by Gasteiger charge is 2.36. The Morgan fingerprint density at radius 1 is 1.29 bits per heavy atom. The van der Waals surface area contributed by atoms with Gasteiger partial charge in [-0.05, 0) is 64.7 Å². The number of likely N-dealkylation sites (tertiary alicyclic amines) is 1. The minimum absolute atomic E-state index is 0.162. The Bertz CT molecular complexity index is 1090. The van der Waals surface area contributed by atoms with Crippen molar-refractivity contribution in [2.24, 2.45) is 7.05 Å². The summed E-state index contributed by atoms with van der Waals surface area (Å²) in [4.78, 5) is 17.0. The number of fused-ring (bicyclic) bond motifs is 1. The van der Waals surface area contributed by atoms with Gasteiger partial charge < -0.3 is 10.2 Å². The summed E-state index contributed by atoms with van der Waals surface area (Å²) in [6.07, 6.45) is 5.09. The summed E-state index contributed by atoms with van der Waals surface area (Å²) >= 11 is 1.63. The Hall–Kier alpha value is -2.18. The Morgan fingerprint density at radius 3 is 2.65 bits per heavy atom. The number of urea groups is 1. The monoisotopic (exact) mass is 470 g/mol. The molecule has 0 bridgehead atoms. The molecular weight excluding hydrogens is 443 g/mol. The summed E-state index contributed by atoms with van der Waals surface area (Å²) in [5.74, 6) is -0.767. The van der Waals surface area contributed by atoms with Crippen molar-refractivity contribution in [1.29, 1.82) is 0 Å². The molecule has 4 rings (SSSR count). The molecule has 1 fully saturated rings. The van der Waals surface area contributed by atoms with Gasteiger partial charge in [0.1, 0.15) is 5.69 Å². The van der Waals surface area contributed by atoms with Crippen LogP contribution in [0.2, 0.25) is 0 Å². The van der Waals surface area contributed by atoms with E-state index in [0.29, 0.717) is 31.6 Å². The highest BCUT2D eigenvalue weighted by Crippen LogP contribution is 2.38. The van der Waals surface area contributed by atoms with E-state index < -0.39 is 28.2 Å². The molecule has 9 nitrogen and oxygen atoms in total. The number of thiophene rings is 1. The molecule has 1 aliphatic heterocycles. The number of aryl methyl sites for hydroxylation is 3. The number of aromatic nitrogens is 2. The van der Waals surface area contributed by atoms with Gasteiger partial charge in [-0.25, -0.2) is 18.5 Å². The van der Waals surface area contributed by atoms with Crippen molar-refractivity contribution in [3.8, 4) is 0 Å². The van der Waals surface area contributed by atoms with E-state index in [1.54, 1.807) is 11.3 Å². The zero-order chi connectivity index (χ0) is 22.3. The van der Waals surface area contributed by atoms with Crippen LogP contribution in [0, 0.1) is 12.9 Å². The fourth-order valence-corrected chi connectivity index (χ4v) is 6.91. The first kappa shape index (κ1) is 22.0. The van der Waals surface area contributed by atoms with Crippen LogP contribution in [0.3, 0.4) is 0 Å². The van der Waals surface area contributed by atoms with E-state index in [2.05, 4.69) is 20.0 Å². The van der Waals surface area contributed by atoms with Gasteiger partial charge >= 0.3 is 16.2 Å². The highest BCUT2D eigenvalue weighted by atomic mass is 32.2. The van der Waals surface area contributed by atoms with Gasteiger partial charge in [0.05, 0.1) is 11.9 Å². The topological polar surface area (TPSA) is 99.6 Å². The number of hydrogen-bond acceptors (Lipinski definition) is 6. The molecule has 2 aromatic heterocycles. The summed E-state index contributed by atoms with van der Waals surface area (Å²) in [7, 11) is -1.02. The molecule has 0 spiro atoms. The number of rotatable bonds is 5. The van der Waals surface area contributed by atoms with Gasteiger partial charge in [-0.15, -0.1) is 11.3 Å². The zero-order valence-electron chi connectivity index (χ0n) is 17.8. The third-order valence-electron chi connectivity index (χ3n) is 5.92. The fourth-order valence-electron chi connectivity index (χ4n) is 4.32. The van der Waals surface area contributed by atoms with Crippen molar-refractivity contribution in [3.63, 3.8) is 0 Å². The quantitative estimate of drug-likeness (QED) is 0.699. The molecule has 0 unspecified atom stereocenters. The number of anilines is 2. The van der Waals surface area contributed by atoms with E-state index in [1.807, 2.05) is 14.0 Å². The first-order valence-corrected chi connectivity index (χ1v) is 12.5. The number of carbonyl (C=O) groups is 1. The van der Waals surface area contributed by atoms with E-state index in [4.69, 9.17) is 0 Å². The van der Waals surface area contributed by atoms with Crippen molar-refractivity contribution >= 4 is 39.0 Å². The number of hydrogen-bond donors (Lipinski definition) is 2. The highest BCUT2D eigenvalue weighted by molar-refractivity contribution is 7.91. The molecule has 0 aromatic carbocycles. The van der Waals surface area contributed by atoms with Crippen molar-refractivity contribution in [2.45, 2.75) is 45.1 Å². The molecule has 170 valence electrons. The van der Waals surface area contributed by atoms with Crippen molar-refractivity contribution in [1.82, 2.24) is 19.4 Å². The minimum atomic E-state index is -4.37. The number of nitrogens with one attached hydrogen (secondary N) is 2. The summed E-state index contributed by atoms with van der Waals surface area (Å²) in [6, 6.07) is -1.33. The summed E-state index contributed by atoms with van der Waals surface area (Å²) in [5.41, 5.74) is 1.61. The van der Waals surface area contributed by atoms with Crippen LogP contribution >= 0.6 is 11.3 Å². The maximum Gasteiger partial charge on any atom is 0.334 e. The molecular formula is C19H27FN6O3S2. The molecule has 0 atom stereocenters. The Labute approximate surface area is 185 Å². The molecule has 1 saturated heterocycles. The molecule has 2 N–H and O–H groups in total. The molecule has 3 heterocycles. The number of nitrogens with zero attached hydrogens (tertiary/aromatic N) is 4.